The highest BCUT2D eigenvalue weighted by Crippen LogP contribution is 2.19. The second-order valence-electron chi connectivity index (χ2n) is 8.12. The van der Waals surface area contributed by atoms with Gasteiger partial charge in [-0.1, -0.05) is 79.9 Å². The Morgan fingerprint density at radius 1 is 1.13 bits per heavy atom. The minimum absolute atomic E-state index is 0.508. The zero-order valence-corrected chi connectivity index (χ0v) is 21.1. The number of carbonyl (C=O) groups excluding carboxylic acids is 1. The van der Waals surface area contributed by atoms with Crippen molar-refractivity contribution in [1.29, 1.82) is 0 Å². The standard InChI is InChI=1S/C19H34N2.C6H12O.C2H6/c1-6-7-8-11-15(2)18(5)20-13-10-9-12-19-16(3)14-17(4)21-19;1-2-3-4-5-6-7;1-2/h14-15,19-21H,4-13H2,1-3H3;6H,2-5H2,1H3;1-2H3. The molecule has 0 aromatic rings. The first-order valence-corrected chi connectivity index (χ1v) is 12.5. The quantitative estimate of drug-likeness (QED) is 0.211. The minimum Gasteiger partial charge on any atom is -0.389 e. The normalized spacial score (nSPS) is 15.6. The molecular weight excluding hydrogens is 368 g/mol. The molecule has 0 radical (unpaired) electrons. The first-order valence-electron chi connectivity index (χ1n) is 12.5. The Bertz CT molecular complexity index is 467. The number of allylic oxidation sites excluding steroid dienone is 2. The van der Waals surface area contributed by atoms with Gasteiger partial charge in [0.2, 0.25) is 0 Å². The van der Waals surface area contributed by atoms with E-state index in [4.69, 9.17) is 0 Å². The van der Waals surface area contributed by atoms with Crippen LogP contribution in [0.2, 0.25) is 0 Å². The van der Waals surface area contributed by atoms with Crippen LogP contribution in [0.5, 0.6) is 0 Å². The topological polar surface area (TPSA) is 41.1 Å². The van der Waals surface area contributed by atoms with Crippen LogP contribution in [0.4, 0.5) is 0 Å². The Balaban J connectivity index is 0. The van der Waals surface area contributed by atoms with Crippen molar-refractivity contribution in [1.82, 2.24) is 10.6 Å². The van der Waals surface area contributed by atoms with Gasteiger partial charge >= 0.3 is 0 Å². The summed E-state index contributed by atoms with van der Waals surface area (Å²) in [4.78, 5) is 9.68. The van der Waals surface area contributed by atoms with Crippen molar-refractivity contribution in [2.45, 2.75) is 118 Å². The molecule has 30 heavy (non-hydrogen) atoms. The lowest BCUT2D eigenvalue weighted by Gasteiger charge is -2.17. The zero-order chi connectivity index (χ0) is 23.2. The van der Waals surface area contributed by atoms with Crippen molar-refractivity contribution in [3.05, 3.63) is 36.2 Å². The summed E-state index contributed by atoms with van der Waals surface area (Å²) in [7, 11) is 0. The molecule has 0 spiro atoms. The SMILES string of the molecule is C=C1C=C(C)C(CCCCNC(=C)C(C)CCCCC)N1.CC.CCCCCC=O. The summed E-state index contributed by atoms with van der Waals surface area (Å²) in [6.07, 6.45) is 16.2. The van der Waals surface area contributed by atoms with Crippen LogP contribution >= 0.6 is 0 Å². The number of hydrogen-bond donors (Lipinski definition) is 2. The molecule has 1 heterocycles. The van der Waals surface area contributed by atoms with Crippen LogP contribution in [0, 0.1) is 5.92 Å². The van der Waals surface area contributed by atoms with Gasteiger partial charge in [0.25, 0.3) is 0 Å². The highest BCUT2D eigenvalue weighted by molar-refractivity contribution is 5.48. The Morgan fingerprint density at radius 3 is 2.30 bits per heavy atom. The summed E-state index contributed by atoms with van der Waals surface area (Å²) in [5.41, 5.74) is 3.70. The Hall–Kier alpha value is -1.51. The number of nitrogens with one attached hydrogen (secondary N) is 2. The van der Waals surface area contributed by atoms with Crippen molar-refractivity contribution >= 4 is 6.29 Å². The maximum atomic E-state index is 9.68. The van der Waals surface area contributed by atoms with Crippen LogP contribution in [0.1, 0.15) is 112 Å². The van der Waals surface area contributed by atoms with E-state index in [1.807, 2.05) is 13.8 Å². The summed E-state index contributed by atoms with van der Waals surface area (Å²) in [5, 5.41) is 6.93. The average molecular weight is 421 g/mol. The second kappa shape index (κ2) is 22.2. The van der Waals surface area contributed by atoms with Gasteiger partial charge in [0.05, 0.1) is 0 Å². The number of carbonyl (C=O) groups is 1. The number of hydrogen-bond acceptors (Lipinski definition) is 3. The van der Waals surface area contributed by atoms with Crippen molar-refractivity contribution in [3.63, 3.8) is 0 Å². The minimum atomic E-state index is 0.508. The number of aldehydes is 1. The molecule has 0 bridgehead atoms. The summed E-state index contributed by atoms with van der Waals surface area (Å²) in [6, 6.07) is 0.508. The number of unbranched alkanes of at least 4 members (excludes halogenated alkanes) is 6. The van der Waals surface area contributed by atoms with E-state index in [-0.39, 0.29) is 0 Å². The monoisotopic (exact) mass is 420 g/mol. The van der Waals surface area contributed by atoms with Gasteiger partial charge in [-0.15, -0.1) is 0 Å². The maximum absolute atomic E-state index is 9.68. The summed E-state index contributed by atoms with van der Waals surface area (Å²) >= 11 is 0. The summed E-state index contributed by atoms with van der Waals surface area (Å²) in [5.74, 6) is 0.599. The van der Waals surface area contributed by atoms with E-state index >= 15 is 0 Å². The molecule has 0 fully saturated rings. The third kappa shape index (κ3) is 17.4. The Labute approximate surface area is 188 Å². The first-order chi connectivity index (χ1) is 14.5. The van der Waals surface area contributed by atoms with Crippen LogP contribution in [0.3, 0.4) is 0 Å². The van der Waals surface area contributed by atoms with Crippen LogP contribution < -0.4 is 10.6 Å². The van der Waals surface area contributed by atoms with E-state index in [1.54, 1.807) is 0 Å². The van der Waals surface area contributed by atoms with Crippen LogP contribution in [0.25, 0.3) is 0 Å². The van der Waals surface area contributed by atoms with Gasteiger partial charge in [0.1, 0.15) is 6.29 Å². The fourth-order valence-corrected chi connectivity index (χ4v) is 3.30. The van der Waals surface area contributed by atoms with Gasteiger partial charge in [-0.05, 0) is 56.6 Å². The molecule has 176 valence electrons. The van der Waals surface area contributed by atoms with Crippen LogP contribution in [-0.2, 0) is 4.79 Å². The molecule has 2 unspecified atom stereocenters. The molecule has 0 aliphatic carbocycles. The van der Waals surface area contributed by atoms with Crippen molar-refractivity contribution in [2.24, 2.45) is 5.92 Å². The highest BCUT2D eigenvalue weighted by Gasteiger charge is 2.16. The second-order valence-corrected chi connectivity index (χ2v) is 8.12. The van der Waals surface area contributed by atoms with E-state index in [1.165, 1.54) is 69.1 Å². The Morgan fingerprint density at radius 2 is 1.77 bits per heavy atom. The predicted octanol–water partition coefficient (Wildman–Crippen LogP) is 7.70. The summed E-state index contributed by atoms with van der Waals surface area (Å²) < 4.78 is 0. The molecular formula is C27H52N2O. The van der Waals surface area contributed by atoms with Gasteiger partial charge in [-0.2, -0.15) is 0 Å². The smallest absolute Gasteiger partial charge is 0.119 e. The van der Waals surface area contributed by atoms with E-state index in [2.05, 4.69) is 57.6 Å². The van der Waals surface area contributed by atoms with Gasteiger partial charge in [0, 0.05) is 30.4 Å². The van der Waals surface area contributed by atoms with E-state index in [0.717, 1.165) is 31.4 Å². The average Bonchev–Trinajstić information content (AvgIpc) is 3.07. The van der Waals surface area contributed by atoms with E-state index < -0.39 is 0 Å². The van der Waals surface area contributed by atoms with Gasteiger partial charge in [-0.3, -0.25) is 0 Å². The molecule has 0 saturated carbocycles. The molecule has 2 N–H and O–H groups in total. The lowest BCUT2D eigenvalue weighted by atomic mass is 10.0. The lowest BCUT2D eigenvalue weighted by Crippen LogP contribution is -2.24. The van der Waals surface area contributed by atoms with Gasteiger partial charge in [0.15, 0.2) is 0 Å². The molecule has 3 nitrogen and oxygen atoms in total. The molecule has 1 aliphatic rings. The fourth-order valence-electron chi connectivity index (χ4n) is 3.30. The predicted molar refractivity (Wildman–Crippen MR) is 136 cm³/mol. The maximum Gasteiger partial charge on any atom is 0.119 e. The zero-order valence-electron chi connectivity index (χ0n) is 21.1. The molecule has 1 aliphatic heterocycles. The van der Waals surface area contributed by atoms with Crippen molar-refractivity contribution in [2.75, 3.05) is 6.54 Å². The van der Waals surface area contributed by atoms with Crippen molar-refractivity contribution in [3.8, 4) is 0 Å². The molecule has 0 aromatic heterocycles. The highest BCUT2D eigenvalue weighted by atomic mass is 16.1. The largest absolute Gasteiger partial charge is 0.389 e. The lowest BCUT2D eigenvalue weighted by molar-refractivity contribution is -0.107. The molecule has 2 atom stereocenters. The van der Waals surface area contributed by atoms with Crippen molar-refractivity contribution < 1.29 is 4.79 Å². The van der Waals surface area contributed by atoms with Crippen LogP contribution in [0.15, 0.2) is 36.2 Å². The molecule has 1 rings (SSSR count). The van der Waals surface area contributed by atoms with Gasteiger partial charge < -0.3 is 15.4 Å². The van der Waals surface area contributed by atoms with E-state index in [9.17, 15) is 4.79 Å². The molecule has 0 amide bonds. The number of rotatable bonds is 15. The fraction of sp³-hybridized carbons (Fsp3) is 0.741. The van der Waals surface area contributed by atoms with E-state index in [0.29, 0.717) is 12.0 Å². The Kier molecular flexibility index (Phi) is 22.7. The first kappa shape index (κ1) is 30.7. The molecule has 3 heteroatoms. The third-order valence-electron chi connectivity index (χ3n) is 5.34. The summed E-state index contributed by atoms with van der Waals surface area (Å²) in [6.45, 7) is 22.1. The van der Waals surface area contributed by atoms with Gasteiger partial charge in [-0.25, -0.2) is 0 Å². The third-order valence-corrected chi connectivity index (χ3v) is 5.34. The van der Waals surface area contributed by atoms with Crippen LogP contribution in [-0.4, -0.2) is 18.9 Å². The molecule has 0 saturated heterocycles. The molecule has 0 aromatic carbocycles.